The number of Topliss-reactive ketones (excluding diaryl/α,β-unsaturated/α-hetero) is 2. The van der Waals surface area contributed by atoms with Crippen molar-refractivity contribution in [3.05, 3.63) is 42.1 Å². The Morgan fingerprint density at radius 3 is 2.64 bits per heavy atom. The van der Waals surface area contributed by atoms with Crippen LogP contribution in [-0.2, 0) is 14.3 Å². The summed E-state index contributed by atoms with van der Waals surface area (Å²) in [6.45, 7) is 3.56. The van der Waals surface area contributed by atoms with Gasteiger partial charge in [-0.1, -0.05) is 24.6 Å². The molecule has 1 aromatic heterocycles. The summed E-state index contributed by atoms with van der Waals surface area (Å²) in [5.41, 5.74) is 1.26. The Labute approximate surface area is 147 Å². The maximum Gasteiger partial charge on any atom is 0.305 e. The van der Waals surface area contributed by atoms with E-state index in [1.165, 1.54) is 13.1 Å². The monoisotopic (exact) mass is 341 g/mol. The number of ketones is 2. The van der Waals surface area contributed by atoms with Gasteiger partial charge in [0.15, 0.2) is 5.78 Å². The second kappa shape index (κ2) is 9.06. The normalized spacial score (nSPS) is 11.9. The number of para-hydroxylation sites is 1. The molecule has 0 saturated heterocycles. The first-order valence-corrected chi connectivity index (χ1v) is 8.58. The van der Waals surface area contributed by atoms with Crippen LogP contribution in [0.1, 0.15) is 49.9 Å². The van der Waals surface area contributed by atoms with Crippen LogP contribution >= 0.6 is 0 Å². The summed E-state index contributed by atoms with van der Waals surface area (Å²) in [5.74, 6) is -1.30. The Hall–Kier alpha value is -2.56. The van der Waals surface area contributed by atoms with Gasteiger partial charge in [-0.2, -0.15) is 0 Å². The van der Waals surface area contributed by atoms with Gasteiger partial charge >= 0.3 is 5.97 Å². The molecule has 5 nitrogen and oxygen atoms in total. The van der Waals surface area contributed by atoms with Crippen molar-refractivity contribution in [2.45, 2.75) is 39.5 Å². The van der Waals surface area contributed by atoms with Gasteiger partial charge in [-0.05, 0) is 38.8 Å². The number of carbonyl (C=O) groups is 3. The molecular weight excluding hydrogens is 318 g/mol. The van der Waals surface area contributed by atoms with E-state index in [1.54, 1.807) is 13.0 Å². The molecule has 0 aliphatic carbocycles. The van der Waals surface area contributed by atoms with Gasteiger partial charge in [0.2, 0.25) is 0 Å². The summed E-state index contributed by atoms with van der Waals surface area (Å²) in [6, 6.07) is 9.32. The summed E-state index contributed by atoms with van der Waals surface area (Å²) < 4.78 is 4.87. The number of carbonyl (C=O) groups excluding carboxylic acids is 3. The van der Waals surface area contributed by atoms with E-state index in [4.69, 9.17) is 4.74 Å². The average Bonchev–Trinajstić information content (AvgIpc) is 2.60. The molecule has 1 aromatic carbocycles. The van der Waals surface area contributed by atoms with Gasteiger partial charge < -0.3 is 4.74 Å². The van der Waals surface area contributed by atoms with E-state index in [-0.39, 0.29) is 17.5 Å². The number of rotatable bonds is 9. The smallest absolute Gasteiger partial charge is 0.305 e. The third kappa shape index (κ3) is 5.21. The minimum absolute atomic E-state index is 0.158. The summed E-state index contributed by atoms with van der Waals surface area (Å²) in [4.78, 5) is 40.3. The van der Waals surface area contributed by atoms with Crippen LogP contribution in [0.25, 0.3) is 10.9 Å². The van der Waals surface area contributed by atoms with Crippen LogP contribution in [0.5, 0.6) is 0 Å². The van der Waals surface area contributed by atoms with Crippen molar-refractivity contribution in [3.8, 4) is 0 Å². The predicted octanol–water partition coefficient (Wildman–Crippen LogP) is 3.75. The summed E-state index contributed by atoms with van der Waals surface area (Å²) in [5, 5.41) is 0.873. The lowest BCUT2D eigenvalue weighted by Crippen LogP contribution is -2.22. The average molecular weight is 341 g/mol. The maximum atomic E-state index is 12.7. The molecule has 2 aromatic rings. The van der Waals surface area contributed by atoms with Crippen LogP contribution in [-0.4, -0.2) is 29.1 Å². The SMILES string of the molecule is CCOC(=O)CCCCC(C(C)=O)C(=O)c1cnc2ccccc2c1. The summed E-state index contributed by atoms with van der Waals surface area (Å²) >= 11 is 0. The number of hydrogen-bond acceptors (Lipinski definition) is 5. The van der Waals surface area contributed by atoms with Gasteiger partial charge in [0.25, 0.3) is 0 Å². The molecule has 0 fully saturated rings. The van der Waals surface area contributed by atoms with Crippen molar-refractivity contribution < 1.29 is 19.1 Å². The number of hydrogen-bond donors (Lipinski definition) is 0. The van der Waals surface area contributed by atoms with Crippen LogP contribution in [0.2, 0.25) is 0 Å². The number of pyridine rings is 1. The highest BCUT2D eigenvalue weighted by Crippen LogP contribution is 2.20. The fourth-order valence-corrected chi connectivity index (χ4v) is 2.78. The van der Waals surface area contributed by atoms with E-state index in [0.717, 1.165) is 10.9 Å². The number of benzene rings is 1. The van der Waals surface area contributed by atoms with Crippen LogP contribution in [0.4, 0.5) is 0 Å². The second-order valence-electron chi connectivity index (χ2n) is 5.99. The van der Waals surface area contributed by atoms with Crippen molar-refractivity contribution in [2.75, 3.05) is 6.61 Å². The Balaban J connectivity index is 2.01. The van der Waals surface area contributed by atoms with Crippen molar-refractivity contribution in [1.82, 2.24) is 4.98 Å². The highest BCUT2D eigenvalue weighted by molar-refractivity contribution is 6.10. The highest BCUT2D eigenvalue weighted by Gasteiger charge is 2.24. The molecule has 0 saturated carbocycles. The lowest BCUT2D eigenvalue weighted by atomic mass is 9.89. The molecule has 5 heteroatoms. The molecule has 0 aliphatic rings. The van der Waals surface area contributed by atoms with Crippen molar-refractivity contribution in [1.29, 1.82) is 0 Å². The van der Waals surface area contributed by atoms with Gasteiger partial charge in [0, 0.05) is 23.6 Å². The Kier molecular flexibility index (Phi) is 6.81. The van der Waals surface area contributed by atoms with E-state index in [9.17, 15) is 14.4 Å². The van der Waals surface area contributed by atoms with Crippen LogP contribution in [0.15, 0.2) is 36.5 Å². The molecule has 132 valence electrons. The number of ether oxygens (including phenoxy) is 1. The number of esters is 1. The first kappa shape index (κ1) is 18.8. The number of nitrogens with zero attached hydrogens (tertiary/aromatic N) is 1. The molecule has 0 aliphatic heterocycles. The molecule has 0 amide bonds. The summed E-state index contributed by atoms with van der Waals surface area (Å²) in [7, 11) is 0. The largest absolute Gasteiger partial charge is 0.466 e. The molecule has 0 spiro atoms. The maximum absolute atomic E-state index is 12.7. The van der Waals surface area contributed by atoms with E-state index in [0.29, 0.717) is 37.9 Å². The zero-order valence-electron chi connectivity index (χ0n) is 14.7. The molecule has 25 heavy (non-hydrogen) atoms. The number of aromatic nitrogens is 1. The van der Waals surface area contributed by atoms with Crippen LogP contribution in [0, 0.1) is 5.92 Å². The predicted molar refractivity (Wildman–Crippen MR) is 95.3 cm³/mol. The third-order valence-electron chi connectivity index (χ3n) is 4.11. The van der Waals surface area contributed by atoms with E-state index >= 15 is 0 Å². The van der Waals surface area contributed by atoms with Gasteiger partial charge in [-0.15, -0.1) is 0 Å². The lowest BCUT2D eigenvalue weighted by molar-refractivity contribution is -0.143. The molecule has 1 heterocycles. The fraction of sp³-hybridized carbons (Fsp3) is 0.400. The van der Waals surface area contributed by atoms with Gasteiger partial charge in [-0.25, -0.2) is 0 Å². The fourth-order valence-electron chi connectivity index (χ4n) is 2.78. The van der Waals surface area contributed by atoms with E-state index < -0.39 is 5.92 Å². The number of unbranched alkanes of at least 4 members (excludes halogenated alkanes) is 1. The van der Waals surface area contributed by atoms with Gasteiger partial charge in [0.1, 0.15) is 5.78 Å². The Morgan fingerprint density at radius 1 is 1.16 bits per heavy atom. The third-order valence-corrected chi connectivity index (χ3v) is 4.11. The van der Waals surface area contributed by atoms with Crippen molar-refractivity contribution >= 4 is 28.4 Å². The van der Waals surface area contributed by atoms with Gasteiger partial charge in [-0.3, -0.25) is 19.4 Å². The molecular formula is C20H23NO4. The standard InChI is InChI=1S/C20H23NO4/c1-3-25-19(23)11-7-5-9-17(14(2)22)20(24)16-12-15-8-4-6-10-18(15)21-13-16/h4,6,8,10,12-13,17H,3,5,7,9,11H2,1-2H3. The first-order chi connectivity index (χ1) is 12.0. The minimum atomic E-state index is -0.690. The lowest BCUT2D eigenvalue weighted by Gasteiger charge is -2.13. The zero-order chi connectivity index (χ0) is 18.2. The van der Waals surface area contributed by atoms with Crippen LogP contribution < -0.4 is 0 Å². The van der Waals surface area contributed by atoms with Gasteiger partial charge in [0.05, 0.1) is 18.0 Å². The topological polar surface area (TPSA) is 73.3 Å². The molecule has 0 bridgehead atoms. The van der Waals surface area contributed by atoms with Crippen molar-refractivity contribution in [2.24, 2.45) is 5.92 Å². The minimum Gasteiger partial charge on any atom is -0.466 e. The zero-order valence-corrected chi connectivity index (χ0v) is 14.7. The molecule has 1 unspecified atom stereocenters. The van der Waals surface area contributed by atoms with Crippen molar-refractivity contribution in [3.63, 3.8) is 0 Å². The molecule has 1 atom stereocenters. The molecule has 0 radical (unpaired) electrons. The molecule has 0 N–H and O–H groups in total. The number of fused-ring (bicyclic) bond motifs is 1. The Morgan fingerprint density at radius 2 is 1.92 bits per heavy atom. The molecule has 2 rings (SSSR count). The van der Waals surface area contributed by atoms with E-state index in [2.05, 4.69) is 4.98 Å². The van der Waals surface area contributed by atoms with E-state index in [1.807, 2.05) is 24.3 Å². The first-order valence-electron chi connectivity index (χ1n) is 8.58. The second-order valence-corrected chi connectivity index (χ2v) is 5.99. The summed E-state index contributed by atoms with van der Waals surface area (Å²) in [6.07, 6.45) is 3.49. The van der Waals surface area contributed by atoms with Crippen LogP contribution in [0.3, 0.4) is 0 Å². The Bertz CT molecular complexity index is 769. The highest BCUT2D eigenvalue weighted by atomic mass is 16.5. The quantitative estimate of drug-likeness (QED) is 0.301.